The summed E-state index contributed by atoms with van der Waals surface area (Å²) in [5.74, 6) is -0.991. The van der Waals surface area contributed by atoms with E-state index in [1.165, 1.54) is 4.90 Å². The van der Waals surface area contributed by atoms with Crippen molar-refractivity contribution < 1.29 is 23.0 Å². The Bertz CT molecular complexity index is 524. The van der Waals surface area contributed by atoms with Crippen molar-refractivity contribution in [2.45, 2.75) is 39.0 Å². The topological polar surface area (TPSA) is 42.1 Å². The lowest BCUT2D eigenvalue weighted by atomic mass is 10.1. The summed E-state index contributed by atoms with van der Waals surface area (Å²) >= 11 is 0. The molecule has 0 unspecified atom stereocenters. The van der Waals surface area contributed by atoms with Crippen LogP contribution in [0.1, 0.15) is 26.3 Å². The summed E-state index contributed by atoms with van der Waals surface area (Å²) in [7, 11) is 0. The number of amides is 1. The molecule has 1 aromatic rings. The first-order valence-electron chi connectivity index (χ1n) is 6.81. The number of rotatable bonds is 4. The average Bonchev–Trinajstić information content (AvgIpc) is 3.16. The number of halogens is 2. The summed E-state index contributed by atoms with van der Waals surface area (Å²) in [4.78, 5) is 13.5. The highest BCUT2D eigenvalue weighted by Gasteiger charge is 2.36. The van der Waals surface area contributed by atoms with Gasteiger partial charge in [0, 0.05) is 6.54 Å². The molecule has 2 rings (SSSR count). The van der Waals surface area contributed by atoms with E-state index >= 15 is 0 Å². The molecule has 1 heterocycles. The number of benzene rings is 1. The monoisotopic (exact) mass is 299 g/mol. The second-order valence-electron chi connectivity index (χ2n) is 5.95. The van der Waals surface area contributed by atoms with Gasteiger partial charge in [-0.15, -0.1) is 0 Å². The Hall–Kier alpha value is -1.69. The molecule has 0 radical (unpaired) electrons. The van der Waals surface area contributed by atoms with Crippen molar-refractivity contribution in [2.75, 3.05) is 13.2 Å². The first-order chi connectivity index (χ1) is 9.76. The predicted molar refractivity (Wildman–Crippen MR) is 72.7 cm³/mol. The van der Waals surface area contributed by atoms with E-state index in [0.29, 0.717) is 6.61 Å². The third-order valence-corrected chi connectivity index (χ3v) is 2.92. The van der Waals surface area contributed by atoms with Crippen LogP contribution in [0.3, 0.4) is 0 Å². The number of carbonyl (C=O) groups is 1. The third-order valence-electron chi connectivity index (χ3n) is 2.92. The smallest absolute Gasteiger partial charge is 0.412 e. The quantitative estimate of drug-likeness (QED) is 0.802. The van der Waals surface area contributed by atoms with Crippen LogP contribution >= 0.6 is 0 Å². The molecule has 0 N–H and O–H groups in total. The number of nitrogens with zero attached hydrogens (tertiary/aromatic N) is 1. The summed E-state index contributed by atoms with van der Waals surface area (Å²) < 4.78 is 37.1. The molecular weight excluding hydrogens is 280 g/mol. The molecule has 1 aromatic carbocycles. The lowest BCUT2D eigenvalue weighted by molar-refractivity contribution is 0.0160. The van der Waals surface area contributed by atoms with Crippen molar-refractivity contribution in [1.82, 2.24) is 4.90 Å². The van der Waals surface area contributed by atoms with Crippen LogP contribution in [0, 0.1) is 11.6 Å². The van der Waals surface area contributed by atoms with E-state index < -0.39 is 23.3 Å². The van der Waals surface area contributed by atoms with Gasteiger partial charge in [0.25, 0.3) is 0 Å². The van der Waals surface area contributed by atoms with Crippen molar-refractivity contribution in [3.05, 3.63) is 35.4 Å². The number of hydrogen-bond acceptors (Lipinski definition) is 3. The van der Waals surface area contributed by atoms with E-state index in [1.807, 2.05) is 0 Å². The van der Waals surface area contributed by atoms with Gasteiger partial charge < -0.3 is 9.47 Å². The molecule has 1 aliphatic rings. The largest absolute Gasteiger partial charge is 0.444 e. The predicted octanol–water partition coefficient (Wildman–Crippen LogP) is 3.10. The van der Waals surface area contributed by atoms with Crippen molar-refractivity contribution >= 4 is 6.09 Å². The summed E-state index contributed by atoms with van der Waals surface area (Å²) in [6.07, 6.45) is -0.652. The Morgan fingerprint density at radius 1 is 1.43 bits per heavy atom. The van der Waals surface area contributed by atoms with Crippen LogP contribution < -0.4 is 0 Å². The van der Waals surface area contributed by atoms with Gasteiger partial charge in [0.05, 0.1) is 6.61 Å². The van der Waals surface area contributed by atoms with Crippen LogP contribution in [0.4, 0.5) is 13.6 Å². The standard InChI is InChI=1S/C15H19F2NO3/c1-15(2,3)21-14(19)18(13-9-20-13)7-6-10-8-11(16)4-5-12(10)17/h4-5,8,13H,6-7,9H2,1-3H3/t13-/m1/s1. The van der Waals surface area contributed by atoms with E-state index in [4.69, 9.17) is 9.47 Å². The average molecular weight is 299 g/mol. The van der Waals surface area contributed by atoms with Gasteiger partial charge in [0.1, 0.15) is 17.2 Å². The molecule has 21 heavy (non-hydrogen) atoms. The molecule has 1 saturated heterocycles. The van der Waals surface area contributed by atoms with E-state index in [-0.39, 0.29) is 24.8 Å². The van der Waals surface area contributed by atoms with Crippen LogP contribution in [0.25, 0.3) is 0 Å². The minimum absolute atomic E-state index is 0.197. The van der Waals surface area contributed by atoms with E-state index in [0.717, 1.165) is 18.2 Å². The van der Waals surface area contributed by atoms with Crippen LogP contribution in [-0.4, -0.2) is 36.0 Å². The van der Waals surface area contributed by atoms with Crippen LogP contribution in [0.5, 0.6) is 0 Å². The molecule has 1 atom stereocenters. The molecule has 0 bridgehead atoms. The second-order valence-corrected chi connectivity index (χ2v) is 5.95. The minimum atomic E-state index is -0.617. The summed E-state index contributed by atoms with van der Waals surface area (Å²) in [6.45, 7) is 5.94. The minimum Gasteiger partial charge on any atom is -0.444 e. The van der Waals surface area contributed by atoms with Crippen molar-refractivity contribution in [3.8, 4) is 0 Å². The highest BCUT2D eigenvalue weighted by molar-refractivity contribution is 5.68. The van der Waals surface area contributed by atoms with Crippen LogP contribution in [0.15, 0.2) is 18.2 Å². The third kappa shape index (κ3) is 4.67. The molecule has 1 amide bonds. The van der Waals surface area contributed by atoms with E-state index in [9.17, 15) is 13.6 Å². The first kappa shape index (κ1) is 15.7. The van der Waals surface area contributed by atoms with Gasteiger partial charge in [-0.1, -0.05) is 0 Å². The van der Waals surface area contributed by atoms with Gasteiger partial charge in [-0.05, 0) is 51.0 Å². The fourth-order valence-corrected chi connectivity index (χ4v) is 1.87. The number of carbonyl (C=O) groups excluding carboxylic acids is 1. The molecule has 0 saturated carbocycles. The molecule has 0 aromatic heterocycles. The lowest BCUT2D eigenvalue weighted by Crippen LogP contribution is -2.40. The Morgan fingerprint density at radius 3 is 2.67 bits per heavy atom. The maximum absolute atomic E-state index is 13.6. The number of ether oxygens (including phenoxy) is 2. The van der Waals surface area contributed by atoms with Gasteiger partial charge in [-0.2, -0.15) is 0 Å². The molecule has 6 heteroatoms. The Labute approximate surface area is 122 Å². The van der Waals surface area contributed by atoms with Crippen molar-refractivity contribution in [1.29, 1.82) is 0 Å². The fraction of sp³-hybridized carbons (Fsp3) is 0.533. The molecule has 1 aliphatic heterocycles. The lowest BCUT2D eigenvalue weighted by Gasteiger charge is -2.26. The van der Waals surface area contributed by atoms with Gasteiger partial charge >= 0.3 is 6.09 Å². The van der Waals surface area contributed by atoms with E-state index in [1.54, 1.807) is 20.8 Å². The molecule has 1 fully saturated rings. The molecule has 0 aliphatic carbocycles. The van der Waals surface area contributed by atoms with Gasteiger partial charge in [0.2, 0.25) is 0 Å². The SMILES string of the molecule is CC(C)(C)OC(=O)N(CCc1cc(F)ccc1F)[C@H]1CO1. The zero-order valence-corrected chi connectivity index (χ0v) is 12.4. The fourth-order valence-electron chi connectivity index (χ4n) is 1.87. The Kier molecular flexibility index (Phi) is 4.46. The number of epoxide rings is 1. The van der Waals surface area contributed by atoms with Gasteiger partial charge in [-0.25, -0.2) is 13.6 Å². The molecule has 116 valence electrons. The normalized spacial score (nSPS) is 17.5. The van der Waals surface area contributed by atoms with Crippen LogP contribution in [-0.2, 0) is 15.9 Å². The van der Waals surface area contributed by atoms with E-state index in [2.05, 4.69) is 0 Å². The summed E-state index contributed by atoms with van der Waals surface area (Å²) in [5.41, 5.74) is -0.391. The number of hydrogen-bond donors (Lipinski definition) is 0. The maximum Gasteiger partial charge on any atom is 0.412 e. The van der Waals surface area contributed by atoms with Crippen molar-refractivity contribution in [2.24, 2.45) is 0 Å². The van der Waals surface area contributed by atoms with Gasteiger partial charge in [-0.3, -0.25) is 4.90 Å². The Balaban J connectivity index is 2.00. The molecule has 4 nitrogen and oxygen atoms in total. The first-order valence-corrected chi connectivity index (χ1v) is 6.81. The zero-order chi connectivity index (χ0) is 15.6. The molecular formula is C15H19F2NO3. The molecule has 0 spiro atoms. The highest BCUT2D eigenvalue weighted by atomic mass is 19.1. The summed E-state index contributed by atoms with van der Waals surface area (Å²) in [6, 6.07) is 3.28. The van der Waals surface area contributed by atoms with Gasteiger partial charge in [0.15, 0.2) is 6.23 Å². The second kappa shape index (κ2) is 5.97. The maximum atomic E-state index is 13.6. The summed E-state index contributed by atoms with van der Waals surface area (Å²) in [5, 5.41) is 0. The Morgan fingerprint density at radius 2 is 2.10 bits per heavy atom. The van der Waals surface area contributed by atoms with Crippen LogP contribution in [0.2, 0.25) is 0 Å². The van der Waals surface area contributed by atoms with Crippen molar-refractivity contribution in [3.63, 3.8) is 0 Å². The highest BCUT2D eigenvalue weighted by Crippen LogP contribution is 2.20. The zero-order valence-electron chi connectivity index (χ0n) is 12.4.